The first-order valence-corrected chi connectivity index (χ1v) is 7.87. The van der Waals surface area contributed by atoms with Gasteiger partial charge in [0, 0.05) is 44.3 Å². The van der Waals surface area contributed by atoms with Gasteiger partial charge in [-0.25, -0.2) is 4.68 Å². The van der Waals surface area contributed by atoms with Crippen LogP contribution in [0.25, 0.3) is 0 Å². The third-order valence-electron chi connectivity index (χ3n) is 3.44. The predicted molar refractivity (Wildman–Crippen MR) is 83.7 cm³/mol. The normalized spacial score (nSPS) is 16.6. The lowest BCUT2D eigenvalue weighted by atomic mass is 10.3. The molecule has 0 unspecified atom stereocenters. The Morgan fingerprint density at radius 2 is 1.90 bits per heavy atom. The van der Waals surface area contributed by atoms with E-state index >= 15 is 0 Å². The minimum Gasteiger partial charge on any atom is -0.369 e. The van der Waals surface area contributed by atoms with E-state index in [-0.39, 0.29) is 0 Å². The van der Waals surface area contributed by atoms with Crippen LogP contribution in [-0.2, 0) is 6.67 Å². The molecule has 20 heavy (non-hydrogen) atoms. The molecule has 1 aliphatic heterocycles. The fourth-order valence-corrected chi connectivity index (χ4v) is 3.45. The number of piperazine rings is 1. The summed E-state index contributed by atoms with van der Waals surface area (Å²) in [6, 6.07) is 4.13. The smallest absolute Gasteiger partial charge is 0.180 e. The van der Waals surface area contributed by atoms with Gasteiger partial charge in [-0.3, -0.25) is 9.88 Å². The SMILES string of the molecule is Cc1nn(CN2CCN(c3ccncc3)CC2)c(=S)s1. The van der Waals surface area contributed by atoms with Crippen molar-refractivity contribution in [1.29, 1.82) is 0 Å². The Kier molecular flexibility index (Phi) is 4.09. The molecule has 2 aromatic heterocycles. The number of rotatable bonds is 3. The molecule has 0 amide bonds. The Balaban J connectivity index is 1.59. The Labute approximate surface area is 127 Å². The van der Waals surface area contributed by atoms with E-state index in [9.17, 15) is 0 Å². The van der Waals surface area contributed by atoms with Gasteiger partial charge in [-0.2, -0.15) is 5.10 Å². The van der Waals surface area contributed by atoms with E-state index < -0.39 is 0 Å². The highest BCUT2D eigenvalue weighted by Gasteiger charge is 2.17. The van der Waals surface area contributed by atoms with Crippen molar-refractivity contribution >= 4 is 29.2 Å². The Hall–Kier alpha value is -1.31. The second-order valence-electron chi connectivity index (χ2n) is 4.84. The van der Waals surface area contributed by atoms with Gasteiger partial charge in [0.15, 0.2) is 3.95 Å². The Morgan fingerprint density at radius 1 is 1.20 bits per heavy atom. The van der Waals surface area contributed by atoms with Gasteiger partial charge in [0.05, 0.1) is 6.67 Å². The van der Waals surface area contributed by atoms with Crippen LogP contribution >= 0.6 is 23.6 Å². The summed E-state index contributed by atoms with van der Waals surface area (Å²) < 4.78 is 2.79. The van der Waals surface area contributed by atoms with Gasteiger partial charge in [0.25, 0.3) is 0 Å². The van der Waals surface area contributed by atoms with Gasteiger partial charge in [-0.05, 0) is 31.3 Å². The van der Waals surface area contributed by atoms with E-state index in [4.69, 9.17) is 12.2 Å². The lowest BCUT2D eigenvalue weighted by Crippen LogP contribution is -2.46. The largest absolute Gasteiger partial charge is 0.369 e. The van der Waals surface area contributed by atoms with Crippen LogP contribution in [0.3, 0.4) is 0 Å². The monoisotopic (exact) mass is 307 g/mol. The minimum atomic E-state index is 0.799. The molecule has 0 aliphatic carbocycles. The van der Waals surface area contributed by atoms with Crippen molar-refractivity contribution in [1.82, 2.24) is 19.7 Å². The molecule has 5 nitrogen and oxygen atoms in total. The van der Waals surface area contributed by atoms with Gasteiger partial charge in [0.2, 0.25) is 0 Å². The van der Waals surface area contributed by atoms with Gasteiger partial charge in [0.1, 0.15) is 5.01 Å². The maximum Gasteiger partial charge on any atom is 0.180 e. The highest BCUT2D eigenvalue weighted by atomic mass is 32.1. The van der Waals surface area contributed by atoms with E-state index in [1.165, 1.54) is 5.69 Å². The molecule has 0 aromatic carbocycles. The third kappa shape index (κ3) is 3.05. The molecule has 2 aromatic rings. The zero-order valence-electron chi connectivity index (χ0n) is 11.4. The molecule has 0 bridgehead atoms. The van der Waals surface area contributed by atoms with Crippen LogP contribution in [0.15, 0.2) is 24.5 Å². The van der Waals surface area contributed by atoms with Crippen molar-refractivity contribution in [2.45, 2.75) is 13.6 Å². The number of aromatic nitrogens is 3. The van der Waals surface area contributed by atoms with Gasteiger partial charge < -0.3 is 4.90 Å². The second-order valence-corrected chi connectivity index (χ2v) is 6.67. The topological polar surface area (TPSA) is 37.2 Å². The molecule has 106 valence electrons. The summed E-state index contributed by atoms with van der Waals surface area (Å²) in [5.41, 5.74) is 1.25. The van der Waals surface area contributed by atoms with Crippen molar-refractivity contribution in [3.8, 4) is 0 Å². The quantitative estimate of drug-likeness (QED) is 0.812. The van der Waals surface area contributed by atoms with E-state index in [0.29, 0.717) is 0 Å². The molecule has 1 aliphatic rings. The maximum absolute atomic E-state index is 5.32. The standard InChI is InChI=1S/C13H17N5S2/c1-11-15-18(13(19)20-11)10-16-6-8-17(9-7-16)12-2-4-14-5-3-12/h2-5H,6-10H2,1H3. The van der Waals surface area contributed by atoms with Crippen LogP contribution in [-0.4, -0.2) is 45.8 Å². The maximum atomic E-state index is 5.32. The second kappa shape index (κ2) is 5.99. The number of aryl methyl sites for hydroxylation is 1. The molecule has 7 heteroatoms. The first-order chi connectivity index (χ1) is 9.72. The molecule has 0 atom stereocenters. The van der Waals surface area contributed by atoms with E-state index in [1.807, 2.05) is 24.0 Å². The number of pyridine rings is 1. The van der Waals surface area contributed by atoms with Crippen molar-refractivity contribution in [3.63, 3.8) is 0 Å². The molecular weight excluding hydrogens is 290 g/mol. The summed E-state index contributed by atoms with van der Waals surface area (Å²) in [6.45, 7) is 6.91. The number of anilines is 1. The molecule has 0 saturated carbocycles. The summed E-state index contributed by atoms with van der Waals surface area (Å²) in [4.78, 5) is 8.85. The van der Waals surface area contributed by atoms with Crippen molar-refractivity contribution in [3.05, 3.63) is 33.5 Å². The van der Waals surface area contributed by atoms with Crippen LogP contribution in [0.2, 0.25) is 0 Å². The zero-order chi connectivity index (χ0) is 13.9. The summed E-state index contributed by atoms with van der Waals surface area (Å²) in [5.74, 6) is 0. The van der Waals surface area contributed by atoms with Crippen LogP contribution in [0, 0.1) is 10.9 Å². The van der Waals surface area contributed by atoms with Crippen LogP contribution in [0.5, 0.6) is 0 Å². The average Bonchev–Trinajstić information content (AvgIpc) is 2.79. The van der Waals surface area contributed by atoms with E-state index in [2.05, 4.69) is 32.0 Å². The van der Waals surface area contributed by atoms with Gasteiger partial charge >= 0.3 is 0 Å². The van der Waals surface area contributed by atoms with Crippen molar-refractivity contribution in [2.75, 3.05) is 31.1 Å². The molecule has 1 fully saturated rings. The third-order valence-corrected chi connectivity index (χ3v) is 4.66. The van der Waals surface area contributed by atoms with E-state index in [0.717, 1.165) is 41.8 Å². The molecule has 0 spiro atoms. The minimum absolute atomic E-state index is 0.799. The molecule has 3 heterocycles. The lowest BCUT2D eigenvalue weighted by molar-refractivity contribution is 0.195. The zero-order valence-corrected chi connectivity index (χ0v) is 13.0. The van der Waals surface area contributed by atoms with Gasteiger partial charge in [-0.1, -0.05) is 11.3 Å². The molecule has 0 radical (unpaired) electrons. The summed E-state index contributed by atoms with van der Waals surface area (Å²) in [6.07, 6.45) is 3.69. The first-order valence-electron chi connectivity index (χ1n) is 6.64. The number of hydrogen-bond donors (Lipinski definition) is 0. The number of nitrogens with zero attached hydrogens (tertiary/aromatic N) is 5. The van der Waals surface area contributed by atoms with E-state index in [1.54, 1.807) is 11.3 Å². The Bertz CT molecular complexity index is 613. The summed E-state index contributed by atoms with van der Waals surface area (Å²) in [5, 5.41) is 5.48. The average molecular weight is 307 g/mol. The van der Waals surface area contributed by atoms with Crippen LogP contribution in [0.1, 0.15) is 5.01 Å². The number of hydrogen-bond acceptors (Lipinski definition) is 6. The summed E-state index contributed by atoms with van der Waals surface area (Å²) >= 11 is 6.89. The summed E-state index contributed by atoms with van der Waals surface area (Å²) in [7, 11) is 0. The fourth-order valence-electron chi connectivity index (χ4n) is 2.39. The lowest BCUT2D eigenvalue weighted by Gasteiger charge is -2.35. The predicted octanol–water partition coefficient (Wildman–Crippen LogP) is 2.16. The highest BCUT2D eigenvalue weighted by Crippen LogP contribution is 2.15. The van der Waals surface area contributed by atoms with Gasteiger partial charge in [-0.15, -0.1) is 0 Å². The molecule has 3 rings (SSSR count). The fraction of sp³-hybridized carbons (Fsp3) is 0.462. The Morgan fingerprint density at radius 3 is 2.50 bits per heavy atom. The first kappa shape index (κ1) is 13.7. The van der Waals surface area contributed by atoms with Crippen LogP contribution in [0.4, 0.5) is 5.69 Å². The van der Waals surface area contributed by atoms with Crippen molar-refractivity contribution < 1.29 is 0 Å². The molecule has 1 saturated heterocycles. The van der Waals surface area contributed by atoms with Crippen LogP contribution < -0.4 is 4.90 Å². The van der Waals surface area contributed by atoms with Crippen molar-refractivity contribution in [2.24, 2.45) is 0 Å². The highest BCUT2D eigenvalue weighted by molar-refractivity contribution is 7.73. The molecular formula is C13H17N5S2. The molecule has 0 N–H and O–H groups in total.